The number of aromatic nitrogens is 1. The van der Waals surface area contributed by atoms with Gasteiger partial charge in [-0.25, -0.2) is 4.98 Å². The van der Waals surface area contributed by atoms with Crippen LogP contribution in [0.2, 0.25) is 0 Å². The van der Waals surface area contributed by atoms with Crippen molar-refractivity contribution in [1.29, 1.82) is 0 Å². The van der Waals surface area contributed by atoms with Gasteiger partial charge in [0.05, 0.1) is 15.9 Å². The van der Waals surface area contributed by atoms with Gasteiger partial charge in [-0.2, -0.15) is 0 Å². The van der Waals surface area contributed by atoms with Crippen molar-refractivity contribution in [2.45, 2.75) is 46.0 Å². The van der Waals surface area contributed by atoms with E-state index in [9.17, 15) is 5.11 Å². The molecule has 0 saturated carbocycles. The Balaban J connectivity index is 1.47. The normalized spacial score (nSPS) is 12.0. The van der Waals surface area contributed by atoms with Gasteiger partial charge in [0.2, 0.25) is 0 Å². The van der Waals surface area contributed by atoms with E-state index in [-0.39, 0.29) is 11.2 Å². The maximum atomic E-state index is 10.6. The predicted octanol–water partition coefficient (Wildman–Crippen LogP) is 11.2. The Kier molecular flexibility index (Phi) is 7.72. The largest absolute Gasteiger partial charge is 0.507 e. The number of nitrogens with zero attached hydrogens (tertiary/aromatic N) is 2. The van der Waals surface area contributed by atoms with Crippen LogP contribution in [0.25, 0.3) is 43.0 Å². The summed E-state index contributed by atoms with van der Waals surface area (Å²) in [5.41, 5.74) is 10.6. The minimum Gasteiger partial charge on any atom is -0.507 e. The summed E-state index contributed by atoms with van der Waals surface area (Å²) < 4.78 is 1.13. The molecule has 0 amide bonds. The third kappa shape index (κ3) is 6.02. The highest BCUT2D eigenvalue weighted by atomic mass is 32.1. The summed E-state index contributed by atoms with van der Waals surface area (Å²) in [4.78, 5) is 10.1. The molecule has 0 atom stereocenters. The van der Waals surface area contributed by atoms with Crippen molar-refractivity contribution < 1.29 is 5.11 Å². The number of aliphatic imine (C=N–C) groups is 1. The molecular weight excluding hydrogens is 545 g/mol. The molecule has 0 saturated heterocycles. The van der Waals surface area contributed by atoms with Gasteiger partial charge in [-0.3, -0.25) is 4.99 Å². The van der Waals surface area contributed by atoms with Crippen molar-refractivity contribution in [3.63, 3.8) is 0 Å². The van der Waals surface area contributed by atoms with E-state index in [1.54, 1.807) is 23.6 Å². The first-order chi connectivity index (χ1) is 20.7. The third-order valence-corrected chi connectivity index (χ3v) is 8.87. The fourth-order valence-corrected chi connectivity index (χ4v) is 6.32. The van der Waals surface area contributed by atoms with Gasteiger partial charge in [0, 0.05) is 22.9 Å². The number of phenols is 1. The number of hydrogen-bond donors (Lipinski definition) is 1. The van der Waals surface area contributed by atoms with Crippen molar-refractivity contribution in [3.8, 4) is 38.6 Å². The third-order valence-electron chi connectivity index (χ3n) is 7.84. The zero-order chi connectivity index (χ0) is 30.1. The van der Waals surface area contributed by atoms with Crippen molar-refractivity contribution in [1.82, 2.24) is 4.98 Å². The van der Waals surface area contributed by atoms with Crippen molar-refractivity contribution in [2.75, 3.05) is 0 Å². The van der Waals surface area contributed by atoms with E-state index in [0.29, 0.717) is 11.5 Å². The van der Waals surface area contributed by atoms with Gasteiger partial charge in [-0.1, -0.05) is 107 Å². The van der Waals surface area contributed by atoms with E-state index in [1.807, 2.05) is 36.4 Å². The number of thiazole rings is 1. The van der Waals surface area contributed by atoms with Gasteiger partial charge in [0.25, 0.3) is 0 Å². The van der Waals surface area contributed by atoms with Gasteiger partial charge in [-0.15, -0.1) is 11.3 Å². The minimum atomic E-state index is -0.0272. The van der Waals surface area contributed by atoms with Crippen molar-refractivity contribution in [2.24, 2.45) is 4.99 Å². The molecule has 4 heteroatoms. The van der Waals surface area contributed by atoms with Crippen LogP contribution in [0.1, 0.15) is 57.2 Å². The number of hydrogen-bond acceptors (Lipinski definition) is 4. The van der Waals surface area contributed by atoms with E-state index < -0.39 is 0 Å². The Labute approximate surface area is 258 Å². The SMILES string of the molecule is CC(C)c1cccc(-c2cc(-c3ccccc3)c3nc(-c4ccccc4N=Cc4cc(C(C)(C)C)ccc4O)sc3c2)c1. The van der Waals surface area contributed by atoms with E-state index in [1.165, 1.54) is 16.7 Å². The number of aromatic hydroxyl groups is 1. The lowest BCUT2D eigenvalue weighted by Crippen LogP contribution is -2.11. The first-order valence-corrected chi connectivity index (χ1v) is 15.6. The highest BCUT2D eigenvalue weighted by Crippen LogP contribution is 2.42. The topological polar surface area (TPSA) is 45.5 Å². The zero-order valence-corrected chi connectivity index (χ0v) is 26.1. The molecule has 0 fully saturated rings. The second kappa shape index (κ2) is 11.6. The van der Waals surface area contributed by atoms with Crippen molar-refractivity contribution in [3.05, 3.63) is 126 Å². The quantitative estimate of drug-likeness (QED) is 0.199. The molecular formula is C39H36N2OS. The molecule has 0 radical (unpaired) electrons. The Hall–Kier alpha value is -4.54. The second-order valence-electron chi connectivity index (χ2n) is 12.3. The van der Waals surface area contributed by atoms with Gasteiger partial charge < -0.3 is 5.11 Å². The smallest absolute Gasteiger partial charge is 0.126 e. The molecule has 0 aliphatic heterocycles. The molecule has 0 bridgehead atoms. The summed E-state index contributed by atoms with van der Waals surface area (Å²) in [6, 6.07) is 37.7. The van der Waals surface area contributed by atoms with Crippen LogP contribution < -0.4 is 0 Å². The molecule has 0 unspecified atom stereocenters. The van der Waals surface area contributed by atoms with E-state index in [2.05, 4.69) is 101 Å². The maximum absolute atomic E-state index is 10.6. The molecule has 1 N–H and O–H groups in total. The Morgan fingerprint density at radius 3 is 2.26 bits per heavy atom. The molecule has 214 valence electrons. The molecule has 5 aromatic carbocycles. The Bertz CT molecular complexity index is 1940. The molecule has 0 aliphatic rings. The van der Waals surface area contributed by atoms with Crippen LogP contribution in [0.3, 0.4) is 0 Å². The molecule has 3 nitrogen and oxygen atoms in total. The first kappa shape index (κ1) is 28.6. The molecule has 1 heterocycles. The van der Waals surface area contributed by atoms with Gasteiger partial charge in [-0.05, 0) is 75.5 Å². The number of phenolic OH excluding ortho intramolecular Hbond substituents is 1. The average Bonchev–Trinajstić information content (AvgIpc) is 3.44. The fourth-order valence-electron chi connectivity index (χ4n) is 5.26. The Morgan fingerprint density at radius 2 is 1.49 bits per heavy atom. The van der Waals surface area contributed by atoms with Crippen LogP contribution in [0, 0.1) is 0 Å². The lowest BCUT2D eigenvalue weighted by molar-refractivity contribution is 0.473. The summed E-state index contributed by atoms with van der Waals surface area (Å²) in [6.07, 6.45) is 1.76. The first-order valence-electron chi connectivity index (χ1n) is 14.7. The van der Waals surface area contributed by atoms with Gasteiger partial charge >= 0.3 is 0 Å². The van der Waals surface area contributed by atoms with Gasteiger partial charge in [0.15, 0.2) is 0 Å². The number of rotatable bonds is 6. The maximum Gasteiger partial charge on any atom is 0.126 e. The number of para-hydroxylation sites is 1. The summed E-state index contributed by atoms with van der Waals surface area (Å²) in [7, 11) is 0. The molecule has 6 rings (SSSR count). The van der Waals surface area contributed by atoms with E-state index in [4.69, 9.17) is 9.98 Å². The van der Waals surface area contributed by atoms with Crippen LogP contribution in [0.5, 0.6) is 5.75 Å². The van der Waals surface area contributed by atoms with E-state index >= 15 is 0 Å². The van der Waals surface area contributed by atoms with Crippen LogP contribution >= 0.6 is 11.3 Å². The summed E-state index contributed by atoms with van der Waals surface area (Å²) >= 11 is 1.69. The molecule has 43 heavy (non-hydrogen) atoms. The highest BCUT2D eigenvalue weighted by Gasteiger charge is 2.17. The van der Waals surface area contributed by atoms with Crippen molar-refractivity contribution >= 4 is 33.5 Å². The van der Waals surface area contributed by atoms with Crippen LogP contribution in [0.4, 0.5) is 5.69 Å². The number of benzene rings is 5. The monoisotopic (exact) mass is 580 g/mol. The summed E-state index contributed by atoms with van der Waals surface area (Å²) in [5.74, 6) is 0.679. The lowest BCUT2D eigenvalue weighted by atomic mass is 9.86. The molecule has 0 spiro atoms. The van der Waals surface area contributed by atoms with Gasteiger partial charge in [0.1, 0.15) is 10.8 Å². The van der Waals surface area contributed by atoms with E-state index in [0.717, 1.165) is 43.2 Å². The minimum absolute atomic E-state index is 0.0272. The Morgan fingerprint density at radius 1 is 0.744 bits per heavy atom. The summed E-state index contributed by atoms with van der Waals surface area (Å²) in [6.45, 7) is 11.0. The molecule has 1 aromatic heterocycles. The lowest BCUT2D eigenvalue weighted by Gasteiger charge is -2.19. The summed E-state index contributed by atoms with van der Waals surface area (Å²) in [5, 5.41) is 11.5. The zero-order valence-electron chi connectivity index (χ0n) is 25.3. The highest BCUT2D eigenvalue weighted by molar-refractivity contribution is 7.21. The number of fused-ring (bicyclic) bond motifs is 1. The molecule has 0 aliphatic carbocycles. The predicted molar refractivity (Wildman–Crippen MR) is 184 cm³/mol. The van der Waals surface area contributed by atoms with Crippen LogP contribution in [-0.2, 0) is 5.41 Å². The van der Waals surface area contributed by atoms with Crippen LogP contribution in [0.15, 0.2) is 114 Å². The van der Waals surface area contributed by atoms with Crippen LogP contribution in [-0.4, -0.2) is 16.3 Å². The fraction of sp³-hybridized carbons (Fsp3) is 0.179. The standard InChI is InChI=1S/C39H36N2OS/c1-25(2)27-14-11-15-28(20-27)29-22-33(26-12-7-6-8-13-26)37-36(23-29)43-38(41-37)32-16-9-10-17-34(32)40-24-30-21-31(39(3,4)5)18-19-35(30)42/h6-25,42H,1-5H3. The average molecular weight is 581 g/mol. The second-order valence-corrected chi connectivity index (χ2v) is 13.4. The molecule has 6 aromatic rings.